The molecule has 0 fully saturated rings. The van der Waals surface area contributed by atoms with E-state index in [1.54, 1.807) is 36.4 Å². The van der Waals surface area contributed by atoms with Gasteiger partial charge in [0.1, 0.15) is 0 Å². The molecule has 25 heavy (non-hydrogen) atoms. The van der Waals surface area contributed by atoms with Gasteiger partial charge in [-0.25, -0.2) is 0 Å². The van der Waals surface area contributed by atoms with Gasteiger partial charge >= 0.3 is 0 Å². The zero-order valence-corrected chi connectivity index (χ0v) is 13.6. The summed E-state index contributed by atoms with van der Waals surface area (Å²) in [4.78, 5) is 25.2. The van der Waals surface area contributed by atoms with Gasteiger partial charge in [-0.15, -0.1) is 0 Å². The largest absolute Gasteiger partial charge is 0.355 e. The lowest BCUT2D eigenvalue weighted by atomic mass is 10.00. The van der Waals surface area contributed by atoms with Gasteiger partial charge in [0.25, 0.3) is 11.5 Å². The van der Waals surface area contributed by atoms with Gasteiger partial charge < -0.3 is 5.32 Å². The predicted molar refractivity (Wildman–Crippen MR) is 95.6 cm³/mol. The Morgan fingerprint density at radius 1 is 1.04 bits per heavy atom. The van der Waals surface area contributed by atoms with Crippen molar-refractivity contribution in [1.29, 1.82) is 5.26 Å². The van der Waals surface area contributed by atoms with Crippen molar-refractivity contribution in [3.8, 4) is 22.9 Å². The van der Waals surface area contributed by atoms with Crippen molar-refractivity contribution >= 4 is 5.91 Å². The van der Waals surface area contributed by atoms with Crippen LogP contribution < -0.4 is 10.9 Å². The van der Waals surface area contributed by atoms with Gasteiger partial charge in [0.2, 0.25) is 0 Å². The van der Waals surface area contributed by atoms with Gasteiger partial charge in [-0.1, -0.05) is 36.4 Å². The summed E-state index contributed by atoms with van der Waals surface area (Å²) in [5.74, 6) is -0.305. The number of carbonyl (C=O) groups excluding carboxylic acids is 1. The number of rotatable bonds is 3. The maximum absolute atomic E-state index is 13.0. The number of amides is 1. The average Bonchev–Trinajstić information content (AvgIpc) is 2.68. The van der Waals surface area contributed by atoms with Crippen LogP contribution in [0.1, 0.15) is 15.9 Å². The number of benzene rings is 2. The highest BCUT2D eigenvalue weighted by atomic mass is 16.1. The minimum Gasteiger partial charge on any atom is -0.355 e. The topological polar surface area (TPSA) is 74.9 Å². The van der Waals surface area contributed by atoms with Crippen LogP contribution in [0.25, 0.3) is 16.8 Å². The molecule has 3 rings (SSSR count). The molecule has 1 heterocycles. The van der Waals surface area contributed by atoms with E-state index in [1.165, 1.54) is 23.9 Å². The molecule has 0 aliphatic rings. The minimum absolute atomic E-state index is 0.290. The molecular weight excluding hydrogens is 314 g/mol. The summed E-state index contributed by atoms with van der Waals surface area (Å²) in [5.41, 5.74) is 1.89. The molecule has 3 aromatic rings. The summed E-state index contributed by atoms with van der Waals surface area (Å²) in [6, 6.07) is 19.5. The van der Waals surface area contributed by atoms with Crippen molar-refractivity contribution in [3.05, 3.63) is 88.3 Å². The maximum atomic E-state index is 13.0. The molecule has 0 saturated heterocycles. The van der Waals surface area contributed by atoms with E-state index in [0.29, 0.717) is 27.9 Å². The van der Waals surface area contributed by atoms with E-state index < -0.39 is 0 Å². The number of aromatic nitrogens is 1. The standard InChI is InChI=1S/C20H15N3O2/c1-22-19(24)15-11-18(17-10-6-5-7-14(17)12-21)20(25)23(13-15)16-8-3-2-4-9-16/h2-11,13H,1H3,(H,22,24). The molecule has 0 bridgehead atoms. The molecule has 0 unspecified atom stereocenters. The molecule has 1 amide bonds. The molecule has 0 atom stereocenters. The van der Waals surface area contributed by atoms with Crippen molar-refractivity contribution in [2.75, 3.05) is 7.05 Å². The van der Waals surface area contributed by atoms with E-state index >= 15 is 0 Å². The number of nitrogens with one attached hydrogen (secondary N) is 1. The Bertz CT molecular complexity index is 1030. The molecule has 0 aliphatic heterocycles. The monoisotopic (exact) mass is 329 g/mol. The Kier molecular flexibility index (Phi) is 4.44. The molecule has 1 aromatic heterocycles. The van der Waals surface area contributed by atoms with Crippen LogP contribution in [0.15, 0.2) is 71.7 Å². The molecule has 0 saturated carbocycles. The smallest absolute Gasteiger partial charge is 0.263 e. The second-order valence-corrected chi connectivity index (χ2v) is 5.39. The van der Waals surface area contributed by atoms with Crippen LogP contribution in [-0.4, -0.2) is 17.5 Å². The van der Waals surface area contributed by atoms with E-state index in [-0.39, 0.29) is 11.5 Å². The molecule has 2 aromatic carbocycles. The summed E-state index contributed by atoms with van der Waals surface area (Å²) in [6.07, 6.45) is 1.51. The third-order valence-corrected chi connectivity index (χ3v) is 3.88. The van der Waals surface area contributed by atoms with Gasteiger partial charge in [-0.05, 0) is 24.3 Å². The van der Waals surface area contributed by atoms with E-state index in [9.17, 15) is 14.9 Å². The Morgan fingerprint density at radius 2 is 1.72 bits per heavy atom. The molecular formula is C20H15N3O2. The Hall–Kier alpha value is -3.65. The number of hydrogen-bond acceptors (Lipinski definition) is 3. The minimum atomic E-state index is -0.305. The summed E-state index contributed by atoms with van der Waals surface area (Å²) >= 11 is 0. The maximum Gasteiger partial charge on any atom is 0.263 e. The summed E-state index contributed by atoms with van der Waals surface area (Å²) in [6.45, 7) is 0. The average molecular weight is 329 g/mol. The van der Waals surface area contributed by atoms with Crippen molar-refractivity contribution in [1.82, 2.24) is 9.88 Å². The second kappa shape index (κ2) is 6.85. The molecule has 0 radical (unpaired) electrons. The molecule has 0 aliphatic carbocycles. The summed E-state index contributed by atoms with van der Waals surface area (Å²) < 4.78 is 1.42. The second-order valence-electron chi connectivity index (χ2n) is 5.39. The fraction of sp³-hybridized carbons (Fsp3) is 0.0500. The van der Waals surface area contributed by atoms with Gasteiger partial charge in [-0.3, -0.25) is 14.2 Å². The van der Waals surface area contributed by atoms with Gasteiger partial charge in [0.05, 0.1) is 17.2 Å². The molecule has 5 nitrogen and oxygen atoms in total. The zero-order valence-electron chi connectivity index (χ0n) is 13.6. The Morgan fingerprint density at radius 3 is 2.40 bits per heavy atom. The first-order valence-electron chi connectivity index (χ1n) is 7.69. The molecule has 1 N–H and O–H groups in total. The Balaban J connectivity index is 2.34. The van der Waals surface area contributed by atoms with Crippen molar-refractivity contribution in [3.63, 3.8) is 0 Å². The predicted octanol–water partition coefficient (Wildman–Crippen LogP) is 2.74. The highest BCUT2D eigenvalue weighted by Gasteiger charge is 2.16. The zero-order chi connectivity index (χ0) is 17.8. The SMILES string of the molecule is CNC(=O)c1cc(-c2ccccc2C#N)c(=O)n(-c2ccccc2)c1. The van der Waals surface area contributed by atoms with Gasteiger partial charge in [0, 0.05) is 30.1 Å². The first kappa shape index (κ1) is 16.2. The third kappa shape index (κ3) is 3.06. The van der Waals surface area contributed by atoms with Gasteiger partial charge in [-0.2, -0.15) is 5.26 Å². The Labute approximate surface area is 144 Å². The van der Waals surface area contributed by atoms with Gasteiger partial charge in [0.15, 0.2) is 0 Å². The number of carbonyl (C=O) groups is 1. The van der Waals surface area contributed by atoms with E-state index in [2.05, 4.69) is 11.4 Å². The molecule has 122 valence electrons. The molecule has 5 heteroatoms. The van der Waals surface area contributed by atoms with Crippen LogP contribution in [0.4, 0.5) is 0 Å². The van der Waals surface area contributed by atoms with Crippen molar-refractivity contribution < 1.29 is 4.79 Å². The first-order valence-corrected chi connectivity index (χ1v) is 7.69. The van der Waals surface area contributed by atoms with E-state index in [4.69, 9.17) is 0 Å². The fourth-order valence-electron chi connectivity index (χ4n) is 2.64. The van der Waals surface area contributed by atoms with Crippen LogP contribution in [-0.2, 0) is 0 Å². The highest BCUT2D eigenvalue weighted by molar-refractivity contribution is 5.95. The lowest BCUT2D eigenvalue weighted by molar-refractivity contribution is 0.0962. The van der Waals surface area contributed by atoms with Crippen LogP contribution in [0.2, 0.25) is 0 Å². The normalized spacial score (nSPS) is 10.1. The quantitative estimate of drug-likeness (QED) is 0.803. The lowest BCUT2D eigenvalue weighted by Crippen LogP contribution is -2.25. The number of pyridine rings is 1. The van der Waals surface area contributed by atoms with E-state index in [1.807, 2.05) is 18.2 Å². The summed E-state index contributed by atoms with van der Waals surface area (Å²) in [7, 11) is 1.53. The van der Waals surface area contributed by atoms with Crippen molar-refractivity contribution in [2.45, 2.75) is 0 Å². The van der Waals surface area contributed by atoms with Crippen LogP contribution in [0, 0.1) is 11.3 Å². The lowest BCUT2D eigenvalue weighted by Gasteiger charge is -2.12. The number of nitriles is 1. The number of nitrogens with zero attached hydrogens (tertiary/aromatic N) is 2. The first-order chi connectivity index (χ1) is 12.2. The fourth-order valence-corrected chi connectivity index (χ4v) is 2.64. The van der Waals surface area contributed by atoms with Crippen LogP contribution in [0.5, 0.6) is 0 Å². The highest BCUT2D eigenvalue weighted by Crippen LogP contribution is 2.22. The van der Waals surface area contributed by atoms with E-state index in [0.717, 1.165) is 0 Å². The number of hydrogen-bond donors (Lipinski definition) is 1. The number of para-hydroxylation sites is 1. The summed E-state index contributed by atoms with van der Waals surface area (Å²) in [5, 5.41) is 11.9. The molecule has 0 spiro atoms. The van der Waals surface area contributed by atoms with Crippen LogP contribution >= 0.6 is 0 Å². The van der Waals surface area contributed by atoms with Crippen LogP contribution in [0.3, 0.4) is 0 Å². The third-order valence-electron chi connectivity index (χ3n) is 3.88. The van der Waals surface area contributed by atoms with Crippen molar-refractivity contribution in [2.24, 2.45) is 0 Å².